The van der Waals surface area contributed by atoms with Gasteiger partial charge in [0.15, 0.2) is 0 Å². The van der Waals surface area contributed by atoms with Gasteiger partial charge in [0.05, 0.1) is 6.61 Å². The molecule has 0 atom stereocenters. The van der Waals surface area contributed by atoms with E-state index in [1.54, 1.807) is 6.92 Å². The topological polar surface area (TPSA) is 96.9 Å². The number of hydrogen-bond donors (Lipinski definition) is 3. The number of aliphatic imine (C=N–C) groups is 1. The molecule has 0 aliphatic carbocycles. The number of aliphatic hydroxyl groups is 1. The van der Waals surface area contributed by atoms with Gasteiger partial charge in [-0.1, -0.05) is 0 Å². The summed E-state index contributed by atoms with van der Waals surface area (Å²) in [5.74, 6) is -0.392. The number of nitrogens with one attached hydrogen (secondary N) is 1. The molecule has 0 saturated heterocycles. The third-order valence-electron chi connectivity index (χ3n) is 1.74. The van der Waals surface area contributed by atoms with Crippen molar-refractivity contribution in [1.29, 1.82) is 0 Å². The zero-order valence-electron chi connectivity index (χ0n) is 9.69. The second-order valence-electron chi connectivity index (χ2n) is 2.92. The number of ether oxygens (including phenoxy) is 1. The number of rotatable bonds is 7. The van der Waals surface area contributed by atoms with Gasteiger partial charge >= 0.3 is 5.97 Å². The molecule has 0 aliphatic heterocycles. The molecule has 6 nitrogen and oxygen atoms in total. The Morgan fingerprint density at radius 1 is 1.62 bits per heavy atom. The van der Waals surface area contributed by atoms with E-state index in [1.165, 1.54) is 13.2 Å². The van der Waals surface area contributed by atoms with Crippen LogP contribution in [0.3, 0.4) is 0 Å². The number of amidine groups is 1. The highest BCUT2D eigenvalue weighted by atomic mass is 16.5. The molecule has 0 fully saturated rings. The molecule has 0 radical (unpaired) electrons. The van der Waals surface area contributed by atoms with Crippen LogP contribution in [0.5, 0.6) is 0 Å². The number of aliphatic hydroxyl groups excluding tert-OH is 1. The zero-order valence-corrected chi connectivity index (χ0v) is 9.69. The summed E-state index contributed by atoms with van der Waals surface area (Å²) in [4.78, 5) is 15.2. The SMILES string of the molecule is CCOC(=O)/C(=C/NCCCO)C(N)=NC. The van der Waals surface area contributed by atoms with E-state index >= 15 is 0 Å². The second-order valence-corrected chi connectivity index (χ2v) is 2.92. The predicted octanol–water partition coefficient (Wildman–Crippen LogP) is -0.608. The van der Waals surface area contributed by atoms with Crippen LogP contribution in [0.15, 0.2) is 16.8 Å². The second kappa shape index (κ2) is 8.72. The fourth-order valence-corrected chi connectivity index (χ4v) is 0.922. The van der Waals surface area contributed by atoms with Gasteiger partial charge in [0.2, 0.25) is 0 Å². The number of nitrogens with two attached hydrogens (primary N) is 1. The van der Waals surface area contributed by atoms with E-state index in [-0.39, 0.29) is 24.6 Å². The number of carbonyl (C=O) groups excluding carboxylic acids is 1. The van der Waals surface area contributed by atoms with Crippen molar-refractivity contribution in [3.63, 3.8) is 0 Å². The first-order valence-corrected chi connectivity index (χ1v) is 5.11. The summed E-state index contributed by atoms with van der Waals surface area (Å²) in [7, 11) is 1.50. The lowest BCUT2D eigenvalue weighted by Gasteiger charge is -2.07. The highest BCUT2D eigenvalue weighted by Crippen LogP contribution is 1.97. The molecule has 0 rings (SSSR count). The fourth-order valence-electron chi connectivity index (χ4n) is 0.922. The minimum atomic E-state index is -0.512. The first-order chi connectivity index (χ1) is 7.67. The summed E-state index contributed by atoms with van der Waals surface area (Å²) in [6.07, 6.45) is 2.05. The smallest absolute Gasteiger partial charge is 0.343 e. The summed E-state index contributed by atoms with van der Waals surface area (Å²) in [5.41, 5.74) is 5.75. The van der Waals surface area contributed by atoms with Gasteiger partial charge in [-0.25, -0.2) is 4.79 Å². The molecule has 0 bridgehead atoms. The van der Waals surface area contributed by atoms with Crippen LogP contribution >= 0.6 is 0 Å². The molecule has 0 aromatic carbocycles. The Labute approximate surface area is 95.2 Å². The van der Waals surface area contributed by atoms with Crippen molar-refractivity contribution < 1.29 is 14.6 Å². The van der Waals surface area contributed by atoms with E-state index in [0.29, 0.717) is 13.0 Å². The lowest BCUT2D eigenvalue weighted by atomic mass is 10.2. The molecule has 0 unspecified atom stereocenters. The number of nitrogens with zero attached hydrogens (tertiary/aromatic N) is 1. The number of esters is 1. The van der Waals surface area contributed by atoms with E-state index in [1.807, 2.05) is 0 Å². The van der Waals surface area contributed by atoms with Crippen LogP contribution in [-0.4, -0.2) is 43.7 Å². The Balaban J connectivity index is 4.48. The quantitative estimate of drug-likeness (QED) is 0.178. The lowest BCUT2D eigenvalue weighted by molar-refractivity contribution is -0.137. The van der Waals surface area contributed by atoms with Crippen LogP contribution in [0.1, 0.15) is 13.3 Å². The van der Waals surface area contributed by atoms with E-state index in [9.17, 15) is 4.79 Å². The standard InChI is InChI=1S/C10H19N3O3/c1-3-16-10(15)8(9(11)12-2)7-13-5-4-6-14/h7,13-14H,3-6H2,1-2H3,(H2,11,12)/b8-7+. The van der Waals surface area contributed by atoms with Gasteiger partial charge in [0.1, 0.15) is 11.4 Å². The van der Waals surface area contributed by atoms with Gasteiger partial charge in [0, 0.05) is 26.4 Å². The third kappa shape index (κ3) is 5.35. The highest BCUT2D eigenvalue weighted by Gasteiger charge is 2.13. The maximum atomic E-state index is 11.5. The maximum Gasteiger partial charge on any atom is 0.343 e. The van der Waals surface area contributed by atoms with Crippen LogP contribution in [0.25, 0.3) is 0 Å². The summed E-state index contributed by atoms with van der Waals surface area (Å²) < 4.78 is 4.83. The molecule has 6 heteroatoms. The van der Waals surface area contributed by atoms with Crippen LogP contribution in [0.4, 0.5) is 0 Å². The first kappa shape index (κ1) is 14.4. The Morgan fingerprint density at radius 3 is 2.81 bits per heavy atom. The first-order valence-electron chi connectivity index (χ1n) is 5.11. The van der Waals surface area contributed by atoms with E-state index < -0.39 is 5.97 Å². The minimum absolute atomic E-state index is 0.0902. The number of carbonyl (C=O) groups is 1. The minimum Gasteiger partial charge on any atom is -0.462 e. The molecule has 0 aromatic rings. The zero-order chi connectivity index (χ0) is 12.4. The molecule has 92 valence electrons. The average Bonchev–Trinajstić information content (AvgIpc) is 2.28. The van der Waals surface area contributed by atoms with Crippen molar-refractivity contribution in [2.75, 3.05) is 26.8 Å². The van der Waals surface area contributed by atoms with Crippen molar-refractivity contribution in [3.05, 3.63) is 11.8 Å². The highest BCUT2D eigenvalue weighted by molar-refractivity contribution is 6.18. The molecule has 0 saturated carbocycles. The van der Waals surface area contributed by atoms with Gasteiger partial charge in [-0.15, -0.1) is 0 Å². The maximum absolute atomic E-state index is 11.5. The summed E-state index contributed by atoms with van der Waals surface area (Å²) in [5, 5.41) is 11.4. The van der Waals surface area contributed by atoms with Gasteiger partial charge in [-0.3, -0.25) is 4.99 Å². The van der Waals surface area contributed by atoms with Crippen molar-refractivity contribution in [2.24, 2.45) is 10.7 Å². The molecule has 0 aliphatic rings. The normalized spacial score (nSPS) is 12.4. The Hall–Kier alpha value is -1.56. The van der Waals surface area contributed by atoms with Gasteiger partial charge < -0.3 is 20.9 Å². The van der Waals surface area contributed by atoms with Crippen molar-refractivity contribution in [1.82, 2.24) is 5.32 Å². The van der Waals surface area contributed by atoms with Gasteiger partial charge in [0.25, 0.3) is 0 Å². The number of hydrogen-bond acceptors (Lipinski definition) is 5. The Bertz CT molecular complexity index is 274. The summed E-state index contributed by atoms with van der Waals surface area (Å²) in [6, 6.07) is 0. The molecule has 4 N–H and O–H groups in total. The Kier molecular flexibility index (Phi) is 7.87. The monoisotopic (exact) mass is 229 g/mol. The molecule has 0 aromatic heterocycles. The predicted molar refractivity (Wildman–Crippen MR) is 62.0 cm³/mol. The van der Waals surface area contributed by atoms with Crippen LogP contribution < -0.4 is 11.1 Å². The van der Waals surface area contributed by atoms with Crippen molar-refractivity contribution in [2.45, 2.75) is 13.3 Å². The van der Waals surface area contributed by atoms with E-state index in [0.717, 1.165) is 0 Å². The van der Waals surface area contributed by atoms with Gasteiger partial charge in [-0.2, -0.15) is 0 Å². The third-order valence-corrected chi connectivity index (χ3v) is 1.74. The molecule has 0 heterocycles. The molecule has 16 heavy (non-hydrogen) atoms. The Morgan fingerprint density at radius 2 is 2.31 bits per heavy atom. The molecule has 0 amide bonds. The van der Waals surface area contributed by atoms with Gasteiger partial charge in [-0.05, 0) is 13.3 Å². The van der Waals surface area contributed by atoms with Crippen LogP contribution in [-0.2, 0) is 9.53 Å². The van der Waals surface area contributed by atoms with E-state index in [2.05, 4.69) is 10.3 Å². The fraction of sp³-hybridized carbons (Fsp3) is 0.600. The summed E-state index contributed by atoms with van der Waals surface area (Å²) in [6.45, 7) is 2.64. The average molecular weight is 229 g/mol. The van der Waals surface area contributed by atoms with E-state index in [4.69, 9.17) is 15.6 Å². The lowest BCUT2D eigenvalue weighted by Crippen LogP contribution is -2.25. The van der Waals surface area contributed by atoms with Crippen LogP contribution in [0.2, 0.25) is 0 Å². The molecule has 0 spiro atoms. The van der Waals surface area contributed by atoms with Crippen molar-refractivity contribution in [3.8, 4) is 0 Å². The molecular formula is C10H19N3O3. The summed E-state index contributed by atoms with van der Waals surface area (Å²) >= 11 is 0. The van der Waals surface area contributed by atoms with Crippen molar-refractivity contribution >= 4 is 11.8 Å². The molecular weight excluding hydrogens is 210 g/mol. The largest absolute Gasteiger partial charge is 0.462 e. The van der Waals surface area contributed by atoms with Crippen LogP contribution in [0, 0.1) is 0 Å².